The largest absolute Gasteiger partial charge is 0.342 e. The maximum absolute atomic E-state index is 12.0. The summed E-state index contributed by atoms with van der Waals surface area (Å²) in [6.07, 6.45) is 6.96. The van der Waals surface area contributed by atoms with Crippen LogP contribution in [0.25, 0.3) is 0 Å². The second-order valence-electron chi connectivity index (χ2n) is 4.67. The Morgan fingerprint density at radius 3 is 2.43 bits per heavy atom. The Kier molecular flexibility index (Phi) is 3.09. The molecule has 1 saturated carbocycles. The summed E-state index contributed by atoms with van der Waals surface area (Å²) in [7, 11) is 0. The first kappa shape index (κ1) is 10.0. The molecule has 1 amide bonds. The lowest BCUT2D eigenvalue weighted by molar-refractivity contribution is -0.135. The standard InChI is InChI=1S/C12H19NO/c1-10-7-8-13(9-10)12(14)11-5-3-2-4-6-11/h1,10-11H,2-9H2. The van der Waals surface area contributed by atoms with E-state index in [4.69, 9.17) is 6.92 Å². The molecule has 1 atom stereocenters. The molecule has 2 aliphatic rings. The fourth-order valence-corrected chi connectivity index (χ4v) is 2.60. The Bertz CT molecular complexity index is 202. The van der Waals surface area contributed by atoms with E-state index in [0.717, 1.165) is 32.4 Å². The van der Waals surface area contributed by atoms with Gasteiger partial charge in [0.15, 0.2) is 0 Å². The van der Waals surface area contributed by atoms with Gasteiger partial charge in [-0.3, -0.25) is 4.79 Å². The molecular weight excluding hydrogens is 174 g/mol. The molecule has 0 bridgehead atoms. The molecule has 1 heterocycles. The third kappa shape index (κ3) is 2.10. The van der Waals surface area contributed by atoms with E-state index >= 15 is 0 Å². The van der Waals surface area contributed by atoms with Gasteiger partial charge in [0.1, 0.15) is 0 Å². The van der Waals surface area contributed by atoms with Crippen molar-refractivity contribution in [1.82, 2.24) is 4.90 Å². The first-order valence-corrected chi connectivity index (χ1v) is 5.82. The highest BCUT2D eigenvalue weighted by molar-refractivity contribution is 5.79. The Hall–Kier alpha value is -0.530. The maximum Gasteiger partial charge on any atom is 0.225 e. The summed E-state index contributed by atoms with van der Waals surface area (Å²) in [5.41, 5.74) is 0. The Labute approximate surface area is 86.7 Å². The van der Waals surface area contributed by atoms with Crippen LogP contribution in [0, 0.1) is 18.8 Å². The van der Waals surface area contributed by atoms with Gasteiger partial charge in [0.25, 0.3) is 0 Å². The molecule has 2 rings (SSSR count). The highest BCUT2D eigenvalue weighted by Gasteiger charge is 2.29. The van der Waals surface area contributed by atoms with Gasteiger partial charge in [-0.05, 0) is 32.1 Å². The fraction of sp³-hybridized carbons (Fsp3) is 0.833. The van der Waals surface area contributed by atoms with Crippen molar-refractivity contribution in [3.05, 3.63) is 6.92 Å². The molecule has 1 unspecified atom stereocenters. The molecule has 0 aromatic rings. The molecule has 1 aliphatic heterocycles. The summed E-state index contributed by atoms with van der Waals surface area (Å²) >= 11 is 0. The van der Waals surface area contributed by atoms with Crippen molar-refractivity contribution < 1.29 is 4.79 Å². The minimum Gasteiger partial charge on any atom is -0.342 e. The van der Waals surface area contributed by atoms with Crippen molar-refractivity contribution in [2.75, 3.05) is 13.1 Å². The monoisotopic (exact) mass is 193 g/mol. The predicted molar refractivity (Wildman–Crippen MR) is 55.6 cm³/mol. The number of rotatable bonds is 1. The molecule has 14 heavy (non-hydrogen) atoms. The SMILES string of the molecule is [CH]C1CCN(C(=O)C2CCCCC2)C1. The van der Waals surface area contributed by atoms with E-state index < -0.39 is 0 Å². The Morgan fingerprint density at radius 2 is 1.86 bits per heavy atom. The highest BCUT2D eigenvalue weighted by atomic mass is 16.2. The number of nitrogens with zero attached hydrogens (tertiary/aromatic N) is 1. The van der Waals surface area contributed by atoms with Crippen molar-refractivity contribution in [2.45, 2.75) is 38.5 Å². The molecule has 0 spiro atoms. The summed E-state index contributed by atoms with van der Waals surface area (Å²) in [5, 5.41) is 0. The van der Waals surface area contributed by atoms with Crippen molar-refractivity contribution in [1.29, 1.82) is 0 Å². The third-order valence-corrected chi connectivity index (χ3v) is 3.49. The summed E-state index contributed by atoms with van der Waals surface area (Å²) in [6, 6.07) is 0. The molecule has 0 aromatic carbocycles. The van der Waals surface area contributed by atoms with Crippen LogP contribution in [0.3, 0.4) is 0 Å². The van der Waals surface area contributed by atoms with Crippen LogP contribution in [0.15, 0.2) is 0 Å². The molecule has 0 aromatic heterocycles. The van der Waals surface area contributed by atoms with Gasteiger partial charge in [0.05, 0.1) is 0 Å². The van der Waals surface area contributed by atoms with Crippen molar-refractivity contribution in [3.63, 3.8) is 0 Å². The van der Waals surface area contributed by atoms with E-state index in [1.165, 1.54) is 19.3 Å². The molecule has 1 saturated heterocycles. The van der Waals surface area contributed by atoms with E-state index in [1.807, 2.05) is 4.90 Å². The summed E-state index contributed by atoms with van der Waals surface area (Å²) in [5.74, 6) is 0.911. The van der Waals surface area contributed by atoms with Crippen molar-refractivity contribution >= 4 is 5.91 Å². The second-order valence-corrected chi connectivity index (χ2v) is 4.67. The fourth-order valence-electron chi connectivity index (χ4n) is 2.60. The number of hydrogen-bond donors (Lipinski definition) is 0. The molecular formula is C12H19NO. The lowest BCUT2D eigenvalue weighted by atomic mass is 9.88. The third-order valence-electron chi connectivity index (χ3n) is 3.49. The lowest BCUT2D eigenvalue weighted by Gasteiger charge is -2.26. The van der Waals surface area contributed by atoms with Gasteiger partial charge in [-0.15, -0.1) is 0 Å². The van der Waals surface area contributed by atoms with Crippen LogP contribution in [0.1, 0.15) is 38.5 Å². The van der Waals surface area contributed by atoms with E-state index in [2.05, 4.69) is 0 Å². The number of amides is 1. The topological polar surface area (TPSA) is 20.3 Å². The van der Waals surface area contributed by atoms with E-state index in [0.29, 0.717) is 11.8 Å². The van der Waals surface area contributed by atoms with Gasteiger partial charge in [-0.1, -0.05) is 19.3 Å². The number of likely N-dealkylation sites (tertiary alicyclic amines) is 1. The van der Waals surface area contributed by atoms with Crippen molar-refractivity contribution in [2.24, 2.45) is 11.8 Å². The molecule has 2 fully saturated rings. The molecule has 1 aliphatic carbocycles. The number of hydrogen-bond acceptors (Lipinski definition) is 1. The van der Waals surface area contributed by atoms with Crippen LogP contribution >= 0.6 is 0 Å². The van der Waals surface area contributed by atoms with Gasteiger partial charge >= 0.3 is 0 Å². The average molecular weight is 193 g/mol. The molecule has 2 radical (unpaired) electrons. The first-order valence-electron chi connectivity index (χ1n) is 5.82. The van der Waals surface area contributed by atoms with Crippen LogP contribution in [-0.4, -0.2) is 23.9 Å². The normalized spacial score (nSPS) is 29.5. The first-order chi connectivity index (χ1) is 6.77. The zero-order valence-electron chi connectivity index (χ0n) is 8.74. The van der Waals surface area contributed by atoms with E-state index in [-0.39, 0.29) is 5.92 Å². The molecule has 2 nitrogen and oxygen atoms in total. The molecule has 2 heteroatoms. The zero-order valence-corrected chi connectivity index (χ0v) is 8.74. The highest BCUT2D eigenvalue weighted by Crippen LogP contribution is 2.27. The van der Waals surface area contributed by atoms with Gasteiger partial charge in [-0.25, -0.2) is 0 Å². The summed E-state index contributed by atoms with van der Waals surface area (Å²) in [6.45, 7) is 7.47. The smallest absolute Gasteiger partial charge is 0.225 e. The second kappa shape index (κ2) is 4.33. The summed E-state index contributed by atoms with van der Waals surface area (Å²) < 4.78 is 0. The predicted octanol–water partition coefficient (Wildman–Crippen LogP) is 2.13. The Morgan fingerprint density at radius 1 is 1.14 bits per heavy atom. The lowest BCUT2D eigenvalue weighted by Crippen LogP contribution is -2.35. The average Bonchev–Trinajstić information content (AvgIpc) is 2.65. The minimum atomic E-state index is 0.225. The van der Waals surface area contributed by atoms with E-state index in [9.17, 15) is 4.79 Å². The number of carbonyl (C=O) groups excluding carboxylic acids is 1. The zero-order chi connectivity index (χ0) is 9.97. The molecule has 0 N–H and O–H groups in total. The van der Waals surface area contributed by atoms with Crippen molar-refractivity contribution in [3.8, 4) is 0 Å². The Balaban J connectivity index is 1.87. The van der Waals surface area contributed by atoms with Gasteiger partial charge in [-0.2, -0.15) is 0 Å². The van der Waals surface area contributed by atoms with E-state index in [1.54, 1.807) is 0 Å². The summed E-state index contributed by atoms with van der Waals surface area (Å²) in [4.78, 5) is 14.0. The van der Waals surface area contributed by atoms with Crippen LogP contribution < -0.4 is 0 Å². The maximum atomic E-state index is 12.0. The van der Waals surface area contributed by atoms with Gasteiger partial charge < -0.3 is 4.90 Å². The van der Waals surface area contributed by atoms with Crippen LogP contribution in [0.5, 0.6) is 0 Å². The quantitative estimate of drug-likeness (QED) is 0.624. The van der Waals surface area contributed by atoms with Crippen LogP contribution in [0.2, 0.25) is 0 Å². The number of carbonyl (C=O) groups is 1. The molecule has 78 valence electrons. The van der Waals surface area contributed by atoms with Gasteiger partial charge in [0.2, 0.25) is 5.91 Å². The van der Waals surface area contributed by atoms with Gasteiger partial charge in [0, 0.05) is 19.0 Å². The van der Waals surface area contributed by atoms with Crippen LogP contribution in [-0.2, 0) is 4.79 Å². The van der Waals surface area contributed by atoms with Crippen LogP contribution in [0.4, 0.5) is 0 Å². The minimum absolute atomic E-state index is 0.225.